The predicted octanol–water partition coefficient (Wildman–Crippen LogP) is 0.534. The summed E-state index contributed by atoms with van der Waals surface area (Å²) >= 11 is 0. The van der Waals surface area contributed by atoms with E-state index in [1.165, 1.54) is 5.56 Å². The van der Waals surface area contributed by atoms with Gasteiger partial charge in [0, 0.05) is 37.9 Å². The third-order valence-electron chi connectivity index (χ3n) is 3.36. The van der Waals surface area contributed by atoms with Crippen LogP contribution in [0.2, 0.25) is 0 Å². The van der Waals surface area contributed by atoms with E-state index in [1.807, 2.05) is 6.07 Å². The van der Waals surface area contributed by atoms with Crippen molar-refractivity contribution in [1.29, 1.82) is 0 Å². The van der Waals surface area contributed by atoms with Gasteiger partial charge in [-0.1, -0.05) is 6.07 Å². The highest BCUT2D eigenvalue weighted by Crippen LogP contribution is 2.19. The maximum Gasteiger partial charge on any atom is 0.240 e. The molecule has 0 amide bonds. The maximum atomic E-state index is 12.2. The molecule has 0 radical (unpaired) electrons. The first-order valence-electron chi connectivity index (χ1n) is 6.44. The number of nitrogens with one attached hydrogen (secondary N) is 3. The van der Waals surface area contributed by atoms with Crippen LogP contribution in [0.25, 0.3) is 0 Å². The fourth-order valence-corrected chi connectivity index (χ4v) is 3.35. The second-order valence-corrected chi connectivity index (χ2v) is 6.53. The topological polar surface area (TPSA) is 86.9 Å². The highest BCUT2D eigenvalue weighted by molar-refractivity contribution is 7.89. The van der Waals surface area contributed by atoms with Crippen LogP contribution in [0.1, 0.15) is 16.8 Å². The molecular formula is C13H16N4O2S. The lowest BCUT2D eigenvalue weighted by molar-refractivity contribution is 0.581. The molecule has 1 aliphatic rings. The van der Waals surface area contributed by atoms with E-state index in [0.717, 1.165) is 24.3 Å². The van der Waals surface area contributed by atoms with Gasteiger partial charge in [0.15, 0.2) is 0 Å². The van der Waals surface area contributed by atoms with E-state index >= 15 is 0 Å². The van der Waals surface area contributed by atoms with Crippen LogP contribution in [0, 0.1) is 0 Å². The molecule has 0 spiro atoms. The van der Waals surface area contributed by atoms with Gasteiger partial charge in [-0.2, -0.15) is 0 Å². The molecule has 0 atom stereocenters. The van der Waals surface area contributed by atoms with Gasteiger partial charge in [-0.15, -0.1) is 0 Å². The number of imidazole rings is 1. The Kier molecular flexibility index (Phi) is 3.56. The van der Waals surface area contributed by atoms with Crippen molar-refractivity contribution in [2.45, 2.75) is 24.4 Å². The standard InChI is InChI=1S/C13H16N4O2S/c18-20(19,17-4-3-12-8-15-9-16-12)13-2-1-10-6-14-7-11(10)5-13/h1-2,5,8-9,14,17H,3-4,6-7H2,(H,15,16). The van der Waals surface area contributed by atoms with Gasteiger partial charge in [0.25, 0.3) is 0 Å². The quantitative estimate of drug-likeness (QED) is 0.750. The average Bonchev–Trinajstić information content (AvgIpc) is 3.08. The molecule has 20 heavy (non-hydrogen) atoms. The van der Waals surface area contributed by atoms with Crippen molar-refractivity contribution in [2.75, 3.05) is 6.54 Å². The molecule has 1 aromatic heterocycles. The highest BCUT2D eigenvalue weighted by Gasteiger charge is 2.17. The van der Waals surface area contributed by atoms with Crippen molar-refractivity contribution in [1.82, 2.24) is 20.0 Å². The Hall–Kier alpha value is -1.70. The molecule has 0 unspecified atom stereocenters. The van der Waals surface area contributed by atoms with E-state index in [0.29, 0.717) is 17.9 Å². The van der Waals surface area contributed by atoms with Gasteiger partial charge in [0.2, 0.25) is 10.0 Å². The van der Waals surface area contributed by atoms with Crippen molar-refractivity contribution in [3.63, 3.8) is 0 Å². The Morgan fingerprint density at radius 3 is 2.90 bits per heavy atom. The van der Waals surface area contributed by atoms with Gasteiger partial charge in [0.1, 0.15) is 0 Å². The molecule has 7 heteroatoms. The minimum Gasteiger partial charge on any atom is -0.348 e. The van der Waals surface area contributed by atoms with Crippen LogP contribution in [0.3, 0.4) is 0 Å². The summed E-state index contributed by atoms with van der Waals surface area (Å²) in [6.45, 7) is 1.88. The summed E-state index contributed by atoms with van der Waals surface area (Å²) in [6.07, 6.45) is 3.86. The SMILES string of the molecule is O=S(=O)(NCCc1cnc[nH]1)c1ccc2c(c1)CNC2. The second-order valence-electron chi connectivity index (χ2n) is 4.76. The largest absolute Gasteiger partial charge is 0.348 e. The maximum absolute atomic E-state index is 12.2. The highest BCUT2D eigenvalue weighted by atomic mass is 32.2. The summed E-state index contributed by atoms with van der Waals surface area (Å²) in [6, 6.07) is 5.27. The molecular weight excluding hydrogens is 276 g/mol. The molecule has 1 aliphatic heterocycles. The minimum atomic E-state index is -3.45. The van der Waals surface area contributed by atoms with E-state index < -0.39 is 10.0 Å². The molecule has 6 nitrogen and oxygen atoms in total. The van der Waals surface area contributed by atoms with Gasteiger partial charge in [-0.05, 0) is 23.3 Å². The van der Waals surface area contributed by atoms with Crippen LogP contribution < -0.4 is 10.0 Å². The molecule has 2 heterocycles. The summed E-state index contributed by atoms with van der Waals surface area (Å²) in [5.74, 6) is 0. The van der Waals surface area contributed by atoms with Crippen LogP contribution in [-0.2, 0) is 29.5 Å². The van der Waals surface area contributed by atoms with E-state index in [4.69, 9.17) is 0 Å². The number of H-pyrrole nitrogens is 1. The number of rotatable bonds is 5. The Balaban J connectivity index is 1.68. The van der Waals surface area contributed by atoms with Gasteiger partial charge >= 0.3 is 0 Å². The van der Waals surface area contributed by atoms with Crippen molar-refractivity contribution < 1.29 is 8.42 Å². The van der Waals surface area contributed by atoms with Crippen molar-refractivity contribution >= 4 is 10.0 Å². The van der Waals surface area contributed by atoms with Gasteiger partial charge in [0.05, 0.1) is 11.2 Å². The fourth-order valence-electron chi connectivity index (χ4n) is 2.26. The fraction of sp³-hybridized carbons (Fsp3) is 0.308. The van der Waals surface area contributed by atoms with Crippen molar-refractivity contribution in [2.24, 2.45) is 0 Å². The predicted molar refractivity (Wildman–Crippen MR) is 74.5 cm³/mol. The Morgan fingerprint density at radius 2 is 2.10 bits per heavy atom. The number of nitrogens with zero attached hydrogens (tertiary/aromatic N) is 1. The van der Waals surface area contributed by atoms with Crippen LogP contribution >= 0.6 is 0 Å². The lowest BCUT2D eigenvalue weighted by atomic mass is 10.1. The molecule has 3 N–H and O–H groups in total. The summed E-state index contributed by atoms with van der Waals surface area (Å²) in [5.41, 5.74) is 3.13. The van der Waals surface area contributed by atoms with Crippen LogP contribution in [0.5, 0.6) is 0 Å². The Bertz CT molecular complexity index is 695. The lowest BCUT2D eigenvalue weighted by Crippen LogP contribution is -2.26. The molecule has 3 rings (SSSR count). The number of aromatic nitrogens is 2. The number of fused-ring (bicyclic) bond motifs is 1. The number of sulfonamides is 1. The number of benzene rings is 1. The molecule has 0 fully saturated rings. The van der Waals surface area contributed by atoms with E-state index in [1.54, 1.807) is 24.7 Å². The monoisotopic (exact) mass is 292 g/mol. The zero-order valence-corrected chi connectivity index (χ0v) is 11.7. The Labute approximate surface area is 117 Å². The second kappa shape index (κ2) is 5.35. The molecule has 0 saturated heterocycles. The van der Waals surface area contributed by atoms with Gasteiger partial charge in [-0.25, -0.2) is 18.1 Å². The summed E-state index contributed by atoms with van der Waals surface area (Å²) in [5, 5.41) is 3.20. The molecule has 0 aliphatic carbocycles. The van der Waals surface area contributed by atoms with Crippen LogP contribution in [0.15, 0.2) is 35.6 Å². The number of aromatic amines is 1. The van der Waals surface area contributed by atoms with Crippen LogP contribution in [-0.4, -0.2) is 24.9 Å². The summed E-state index contributed by atoms with van der Waals surface area (Å²) in [7, 11) is -3.45. The smallest absolute Gasteiger partial charge is 0.240 e. The third kappa shape index (κ3) is 2.74. The lowest BCUT2D eigenvalue weighted by Gasteiger charge is -2.07. The van der Waals surface area contributed by atoms with Crippen LogP contribution in [0.4, 0.5) is 0 Å². The first-order valence-corrected chi connectivity index (χ1v) is 7.93. The number of hydrogen-bond donors (Lipinski definition) is 3. The molecule has 0 saturated carbocycles. The van der Waals surface area contributed by atoms with Crippen molar-refractivity contribution in [3.8, 4) is 0 Å². The minimum absolute atomic E-state index is 0.324. The first-order chi connectivity index (χ1) is 9.65. The normalized spacial score (nSPS) is 14.4. The molecule has 2 aromatic rings. The zero-order valence-electron chi connectivity index (χ0n) is 10.9. The average molecular weight is 292 g/mol. The third-order valence-corrected chi connectivity index (χ3v) is 4.82. The summed E-state index contributed by atoms with van der Waals surface area (Å²) in [4.78, 5) is 7.16. The van der Waals surface area contributed by atoms with Gasteiger partial charge < -0.3 is 10.3 Å². The zero-order chi connectivity index (χ0) is 14.0. The van der Waals surface area contributed by atoms with E-state index in [-0.39, 0.29) is 0 Å². The first kappa shape index (κ1) is 13.3. The van der Waals surface area contributed by atoms with Gasteiger partial charge in [-0.3, -0.25) is 0 Å². The molecule has 0 bridgehead atoms. The van der Waals surface area contributed by atoms with E-state index in [2.05, 4.69) is 20.0 Å². The molecule has 106 valence electrons. The Morgan fingerprint density at radius 1 is 1.25 bits per heavy atom. The summed E-state index contributed by atoms with van der Waals surface area (Å²) < 4.78 is 27.0. The van der Waals surface area contributed by atoms with E-state index in [9.17, 15) is 8.42 Å². The number of hydrogen-bond acceptors (Lipinski definition) is 4. The van der Waals surface area contributed by atoms with Crippen molar-refractivity contribution in [3.05, 3.63) is 47.5 Å². The molecule has 1 aromatic carbocycles.